The van der Waals surface area contributed by atoms with E-state index in [1.54, 1.807) is 42.5 Å². The molecule has 1 aliphatic rings. The van der Waals surface area contributed by atoms with Gasteiger partial charge in [-0.25, -0.2) is 4.79 Å². The van der Waals surface area contributed by atoms with Gasteiger partial charge in [0.2, 0.25) is 0 Å². The summed E-state index contributed by atoms with van der Waals surface area (Å²) in [5.74, 6) is -0.291. The minimum atomic E-state index is -0.550. The van der Waals surface area contributed by atoms with Gasteiger partial charge in [0.25, 0.3) is 11.1 Å². The van der Waals surface area contributed by atoms with Crippen LogP contribution in [0.1, 0.15) is 28.4 Å². The van der Waals surface area contributed by atoms with E-state index in [4.69, 9.17) is 21.1 Å². The number of carbonyl (C=O) groups is 3. The van der Waals surface area contributed by atoms with Gasteiger partial charge in [0, 0.05) is 9.50 Å². The first-order valence-corrected chi connectivity index (χ1v) is 13.8. The molecule has 1 saturated heterocycles. The van der Waals surface area contributed by atoms with Crippen molar-refractivity contribution in [3.05, 3.63) is 95.3 Å². The molecule has 3 aromatic rings. The normalized spacial score (nSPS) is 14.4. The maximum absolute atomic E-state index is 13.0. The molecule has 3 aromatic carbocycles. The summed E-state index contributed by atoms with van der Waals surface area (Å²) in [5.41, 5.74) is 1.82. The van der Waals surface area contributed by atoms with Crippen molar-refractivity contribution >= 4 is 85.1 Å². The summed E-state index contributed by atoms with van der Waals surface area (Å²) in [6, 6.07) is 17.3. The summed E-state index contributed by atoms with van der Waals surface area (Å²) in [7, 11) is 0. The van der Waals surface area contributed by atoms with Gasteiger partial charge in [0.15, 0.2) is 11.5 Å². The van der Waals surface area contributed by atoms with E-state index in [0.717, 1.165) is 21.8 Å². The molecule has 0 aliphatic carbocycles. The molecule has 6 nitrogen and oxygen atoms in total. The standard InChI is InChI=1S/C26H18BrClINO5S/c1-2-34-21-12-15(11-20(29)23(21)35-25(32)16-7-9-18(28)10-8-16)13-22-24(31)30(26(33)36-22)14-17-5-3-4-6-19(17)27/h3-13H,2,14H2,1H3/b22-13-. The zero-order chi connectivity index (χ0) is 25.8. The Morgan fingerprint density at radius 2 is 1.86 bits per heavy atom. The number of hydrogen-bond donors (Lipinski definition) is 0. The Morgan fingerprint density at radius 1 is 1.14 bits per heavy atom. The summed E-state index contributed by atoms with van der Waals surface area (Å²) in [6.07, 6.45) is 1.64. The summed E-state index contributed by atoms with van der Waals surface area (Å²) < 4.78 is 12.8. The molecular formula is C26H18BrClINO5S. The number of carbonyl (C=O) groups excluding carboxylic acids is 3. The van der Waals surface area contributed by atoms with Crippen molar-refractivity contribution in [2.75, 3.05) is 6.61 Å². The van der Waals surface area contributed by atoms with Crippen LogP contribution in [-0.4, -0.2) is 28.6 Å². The fourth-order valence-electron chi connectivity index (χ4n) is 3.36. The number of halogens is 3. The fraction of sp³-hybridized carbons (Fsp3) is 0.115. The summed E-state index contributed by atoms with van der Waals surface area (Å²) in [6.45, 7) is 2.33. The summed E-state index contributed by atoms with van der Waals surface area (Å²) in [4.78, 5) is 39.8. The van der Waals surface area contributed by atoms with Crippen molar-refractivity contribution in [2.24, 2.45) is 0 Å². The SMILES string of the molecule is CCOc1cc(/C=C2\SC(=O)N(Cc3ccccc3Br)C2=O)cc(I)c1OC(=O)c1ccc(Cl)cc1. The molecule has 10 heteroatoms. The molecule has 0 atom stereocenters. The van der Waals surface area contributed by atoms with Crippen molar-refractivity contribution in [3.63, 3.8) is 0 Å². The minimum Gasteiger partial charge on any atom is -0.490 e. The van der Waals surface area contributed by atoms with Crippen LogP contribution in [0.25, 0.3) is 6.08 Å². The Kier molecular flexibility index (Phi) is 8.76. The molecule has 4 rings (SSSR count). The van der Waals surface area contributed by atoms with Gasteiger partial charge in [0.1, 0.15) is 0 Å². The molecular weight excluding hydrogens is 681 g/mol. The molecule has 2 amide bonds. The fourth-order valence-corrected chi connectivity index (χ4v) is 5.47. The van der Waals surface area contributed by atoms with Crippen molar-refractivity contribution in [1.82, 2.24) is 4.90 Å². The van der Waals surface area contributed by atoms with Crippen molar-refractivity contribution < 1.29 is 23.9 Å². The molecule has 0 saturated carbocycles. The highest BCUT2D eigenvalue weighted by molar-refractivity contribution is 14.1. The number of ether oxygens (including phenoxy) is 2. The van der Waals surface area contributed by atoms with Crippen LogP contribution in [-0.2, 0) is 11.3 Å². The Bertz CT molecular complexity index is 1380. The van der Waals surface area contributed by atoms with E-state index >= 15 is 0 Å². The Morgan fingerprint density at radius 3 is 2.56 bits per heavy atom. The lowest BCUT2D eigenvalue weighted by molar-refractivity contribution is -0.123. The Hall–Kier alpha value is -2.34. The van der Waals surface area contributed by atoms with Gasteiger partial charge in [-0.15, -0.1) is 0 Å². The van der Waals surface area contributed by atoms with E-state index in [9.17, 15) is 14.4 Å². The van der Waals surface area contributed by atoms with E-state index in [1.807, 2.05) is 53.8 Å². The van der Waals surface area contributed by atoms with Crippen LogP contribution in [0.2, 0.25) is 5.02 Å². The lowest BCUT2D eigenvalue weighted by Crippen LogP contribution is -2.27. The predicted molar refractivity (Wildman–Crippen MR) is 152 cm³/mol. The molecule has 0 N–H and O–H groups in total. The number of amides is 2. The second-order valence-electron chi connectivity index (χ2n) is 7.52. The van der Waals surface area contributed by atoms with Crippen LogP contribution in [0.3, 0.4) is 0 Å². The average molecular weight is 699 g/mol. The van der Waals surface area contributed by atoms with Gasteiger partial charge >= 0.3 is 5.97 Å². The van der Waals surface area contributed by atoms with Crippen LogP contribution in [0.15, 0.2) is 70.0 Å². The van der Waals surface area contributed by atoms with Gasteiger partial charge < -0.3 is 9.47 Å². The highest BCUT2D eigenvalue weighted by Crippen LogP contribution is 2.38. The van der Waals surface area contributed by atoms with E-state index < -0.39 is 5.97 Å². The number of imide groups is 1. The third-order valence-corrected chi connectivity index (χ3v) is 7.80. The molecule has 0 radical (unpaired) electrons. The zero-order valence-corrected chi connectivity index (χ0v) is 24.1. The maximum atomic E-state index is 13.0. The highest BCUT2D eigenvalue weighted by Gasteiger charge is 2.35. The molecule has 0 bridgehead atoms. The largest absolute Gasteiger partial charge is 0.490 e. The van der Waals surface area contributed by atoms with E-state index in [-0.39, 0.29) is 23.4 Å². The molecule has 1 aliphatic heterocycles. The second-order valence-corrected chi connectivity index (χ2v) is 11.0. The minimum absolute atomic E-state index is 0.171. The van der Waals surface area contributed by atoms with Gasteiger partial charge in [-0.05, 0) is 101 Å². The van der Waals surface area contributed by atoms with Crippen LogP contribution in [0.5, 0.6) is 11.5 Å². The first kappa shape index (κ1) is 26.7. The molecule has 36 heavy (non-hydrogen) atoms. The van der Waals surface area contributed by atoms with Crippen LogP contribution < -0.4 is 9.47 Å². The molecule has 1 heterocycles. The number of benzene rings is 3. The van der Waals surface area contributed by atoms with Crippen molar-refractivity contribution in [3.8, 4) is 11.5 Å². The van der Waals surface area contributed by atoms with E-state index in [2.05, 4.69) is 15.9 Å². The lowest BCUT2D eigenvalue weighted by Gasteiger charge is -2.14. The van der Waals surface area contributed by atoms with Gasteiger partial charge in [-0.2, -0.15) is 0 Å². The first-order chi connectivity index (χ1) is 17.3. The molecule has 1 fully saturated rings. The highest BCUT2D eigenvalue weighted by atomic mass is 127. The molecule has 0 aromatic heterocycles. The summed E-state index contributed by atoms with van der Waals surface area (Å²) >= 11 is 12.3. The molecule has 0 spiro atoms. The van der Waals surface area contributed by atoms with Crippen LogP contribution in [0.4, 0.5) is 4.79 Å². The third-order valence-electron chi connectivity index (χ3n) is 5.06. The molecule has 0 unspecified atom stereocenters. The predicted octanol–water partition coefficient (Wildman–Crippen LogP) is 7.56. The van der Waals surface area contributed by atoms with Crippen LogP contribution >= 0.6 is 61.9 Å². The third kappa shape index (κ3) is 6.13. The summed E-state index contributed by atoms with van der Waals surface area (Å²) in [5, 5.41) is 0.177. The number of nitrogens with zero attached hydrogens (tertiary/aromatic N) is 1. The van der Waals surface area contributed by atoms with E-state index in [0.29, 0.717) is 37.0 Å². The average Bonchev–Trinajstić information content (AvgIpc) is 3.10. The van der Waals surface area contributed by atoms with Gasteiger partial charge in [-0.1, -0.05) is 45.7 Å². The topological polar surface area (TPSA) is 72.9 Å². The van der Waals surface area contributed by atoms with Crippen LogP contribution in [0, 0.1) is 3.57 Å². The second kappa shape index (κ2) is 11.8. The zero-order valence-electron chi connectivity index (χ0n) is 18.8. The van der Waals surface area contributed by atoms with Crippen molar-refractivity contribution in [1.29, 1.82) is 0 Å². The monoisotopic (exact) mass is 697 g/mol. The number of esters is 1. The Balaban J connectivity index is 1.59. The smallest absolute Gasteiger partial charge is 0.343 e. The van der Waals surface area contributed by atoms with Gasteiger partial charge in [0.05, 0.1) is 27.2 Å². The lowest BCUT2D eigenvalue weighted by atomic mass is 10.1. The quantitative estimate of drug-likeness (QED) is 0.110. The maximum Gasteiger partial charge on any atom is 0.343 e. The van der Waals surface area contributed by atoms with E-state index in [1.165, 1.54) is 4.90 Å². The first-order valence-electron chi connectivity index (χ1n) is 10.7. The molecule has 184 valence electrons. The van der Waals surface area contributed by atoms with Crippen molar-refractivity contribution in [2.45, 2.75) is 13.5 Å². The van der Waals surface area contributed by atoms with Gasteiger partial charge in [-0.3, -0.25) is 14.5 Å². The number of thioether (sulfide) groups is 1. The number of hydrogen-bond acceptors (Lipinski definition) is 6. The Labute approximate surface area is 239 Å². The number of rotatable bonds is 7.